The van der Waals surface area contributed by atoms with Crippen LogP contribution in [0, 0.1) is 0 Å². The Morgan fingerprint density at radius 1 is 1.35 bits per heavy atom. The zero-order valence-corrected chi connectivity index (χ0v) is 14.6. The normalized spacial score (nSPS) is 17.8. The molecule has 1 aromatic rings. The van der Waals surface area contributed by atoms with Gasteiger partial charge in [0.25, 0.3) is 0 Å². The van der Waals surface area contributed by atoms with Crippen LogP contribution in [-0.2, 0) is 14.3 Å². The van der Waals surface area contributed by atoms with Gasteiger partial charge >= 0.3 is 5.97 Å². The maximum absolute atomic E-state index is 12.1. The van der Waals surface area contributed by atoms with E-state index in [9.17, 15) is 9.59 Å². The zero-order chi connectivity index (χ0) is 16.8. The standard InChI is InChI=1S/C17H23NO4S/c1-12(2)22-10-4-9-18-15(19)11-23-16(18)13-5-7-14(8-6-13)17(20)21-3/h5-8,12,16H,4,9-11H2,1-3H3. The molecule has 1 saturated heterocycles. The fraction of sp³-hybridized carbons (Fsp3) is 0.529. The molecule has 1 fully saturated rings. The molecule has 1 amide bonds. The molecule has 1 heterocycles. The molecule has 23 heavy (non-hydrogen) atoms. The molecule has 2 rings (SSSR count). The summed E-state index contributed by atoms with van der Waals surface area (Å²) in [5.41, 5.74) is 1.54. The lowest BCUT2D eigenvalue weighted by Gasteiger charge is -2.24. The summed E-state index contributed by atoms with van der Waals surface area (Å²) in [4.78, 5) is 25.5. The van der Waals surface area contributed by atoms with E-state index in [0.29, 0.717) is 24.5 Å². The average Bonchev–Trinajstić information content (AvgIpc) is 2.91. The van der Waals surface area contributed by atoms with Gasteiger partial charge in [0.05, 0.1) is 24.5 Å². The lowest BCUT2D eigenvalue weighted by Crippen LogP contribution is -2.30. The smallest absolute Gasteiger partial charge is 0.337 e. The number of ether oxygens (including phenoxy) is 2. The summed E-state index contributed by atoms with van der Waals surface area (Å²) in [6, 6.07) is 7.26. The number of carbonyl (C=O) groups is 2. The third-order valence-corrected chi connectivity index (χ3v) is 4.84. The number of nitrogens with zero attached hydrogens (tertiary/aromatic N) is 1. The monoisotopic (exact) mass is 337 g/mol. The first-order valence-electron chi connectivity index (χ1n) is 7.74. The van der Waals surface area contributed by atoms with Gasteiger partial charge in [-0.05, 0) is 38.0 Å². The van der Waals surface area contributed by atoms with E-state index in [1.54, 1.807) is 23.9 Å². The molecule has 0 saturated carbocycles. The van der Waals surface area contributed by atoms with Gasteiger partial charge in [0.15, 0.2) is 0 Å². The molecule has 6 heteroatoms. The zero-order valence-electron chi connectivity index (χ0n) is 13.8. The Morgan fingerprint density at radius 3 is 2.65 bits per heavy atom. The number of methoxy groups -OCH3 is 1. The summed E-state index contributed by atoms with van der Waals surface area (Å²) in [5, 5.41) is 0.00764. The second-order valence-corrected chi connectivity index (χ2v) is 6.71. The van der Waals surface area contributed by atoms with E-state index in [1.165, 1.54) is 7.11 Å². The topological polar surface area (TPSA) is 55.8 Å². The summed E-state index contributed by atoms with van der Waals surface area (Å²) in [6.45, 7) is 5.34. The number of hydrogen-bond donors (Lipinski definition) is 0. The number of benzene rings is 1. The quantitative estimate of drug-likeness (QED) is 0.566. The van der Waals surface area contributed by atoms with E-state index >= 15 is 0 Å². The van der Waals surface area contributed by atoms with Crippen molar-refractivity contribution in [2.45, 2.75) is 31.7 Å². The van der Waals surface area contributed by atoms with Gasteiger partial charge in [0.2, 0.25) is 5.91 Å². The highest BCUT2D eigenvalue weighted by atomic mass is 32.2. The molecule has 1 aliphatic rings. The Bertz CT molecular complexity index is 544. The van der Waals surface area contributed by atoms with Crippen LogP contribution in [0.1, 0.15) is 41.6 Å². The first kappa shape index (κ1) is 17.8. The predicted octanol–water partition coefficient (Wildman–Crippen LogP) is 2.86. The highest BCUT2D eigenvalue weighted by Crippen LogP contribution is 2.38. The van der Waals surface area contributed by atoms with Gasteiger partial charge < -0.3 is 14.4 Å². The molecule has 0 aliphatic carbocycles. The van der Waals surface area contributed by atoms with Crippen LogP contribution in [0.15, 0.2) is 24.3 Å². The molecule has 0 spiro atoms. The SMILES string of the molecule is COC(=O)c1ccc(C2SCC(=O)N2CCCOC(C)C)cc1. The molecule has 1 aliphatic heterocycles. The second kappa shape index (κ2) is 8.36. The Kier molecular flexibility index (Phi) is 6.47. The summed E-state index contributed by atoms with van der Waals surface area (Å²) < 4.78 is 10.2. The minimum Gasteiger partial charge on any atom is -0.465 e. The minimum atomic E-state index is -0.352. The first-order chi connectivity index (χ1) is 11.0. The van der Waals surface area contributed by atoms with E-state index < -0.39 is 0 Å². The van der Waals surface area contributed by atoms with Crippen molar-refractivity contribution in [1.82, 2.24) is 4.90 Å². The number of thioether (sulfide) groups is 1. The van der Waals surface area contributed by atoms with Crippen molar-refractivity contribution in [3.8, 4) is 0 Å². The van der Waals surface area contributed by atoms with Gasteiger partial charge in [-0.15, -0.1) is 11.8 Å². The molecule has 1 aromatic carbocycles. The second-order valence-electron chi connectivity index (χ2n) is 5.64. The Morgan fingerprint density at radius 2 is 2.04 bits per heavy atom. The van der Waals surface area contributed by atoms with Gasteiger partial charge in [0, 0.05) is 13.2 Å². The number of amides is 1. The molecule has 1 atom stereocenters. The van der Waals surface area contributed by atoms with Crippen molar-refractivity contribution in [2.24, 2.45) is 0 Å². The Labute approximate surface area is 141 Å². The van der Waals surface area contributed by atoms with Crippen molar-refractivity contribution >= 4 is 23.6 Å². The summed E-state index contributed by atoms with van der Waals surface area (Å²) in [5.74, 6) is 0.296. The lowest BCUT2D eigenvalue weighted by molar-refractivity contribution is -0.128. The van der Waals surface area contributed by atoms with Crippen molar-refractivity contribution in [3.63, 3.8) is 0 Å². The van der Waals surface area contributed by atoms with Crippen LogP contribution in [0.4, 0.5) is 0 Å². The van der Waals surface area contributed by atoms with Gasteiger partial charge in [-0.1, -0.05) is 12.1 Å². The minimum absolute atomic E-state index is 0.00764. The van der Waals surface area contributed by atoms with Crippen LogP contribution < -0.4 is 0 Å². The van der Waals surface area contributed by atoms with Crippen molar-refractivity contribution < 1.29 is 19.1 Å². The van der Waals surface area contributed by atoms with Crippen molar-refractivity contribution in [1.29, 1.82) is 0 Å². The third kappa shape index (κ3) is 4.72. The summed E-state index contributed by atoms with van der Waals surface area (Å²) >= 11 is 1.62. The van der Waals surface area contributed by atoms with E-state index in [1.807, 2.05) is 30.9 Å². The number of rotatable bonds is 7. The highest BCUT2D eigenvalue weighted by molar-refractivity contribution is 8.00. The van der Waals surface area contributed by atoms with E-state index in [-0.39, 0.29) is 23.4 Å². The van der Waals surface area contributed by atoms with Gasteiger partial charge in [-0.3, -0.25) is 4.79 Å². The number of hydrogen-bond acceptors (Lipinski definition) is 5. The van der Waals surface area contributed by atoms with E-state index in [2.05, 4.69) is 0 Å². The Hall–Kier alpha value is -1.53. The van der Waals surface area contributed by atoms with E-state index in [0.717, 1.165) is 12.0 Å². The molecule has 0 aromatic heterocycles. The number of esters is 1. The van der Waals surface area contributed by atoms with Crippen LogP contribution >= 0.6 is 11.8 Å². The molecular formula is C17H23NO4S. The third-order valence-electron chi connectivity index (χ3n) is 3.58. The maximum atomic E-state index is 12.1. The molecule has 0 bridgehead atoms. The fourth-order valence-electron chi connectivity index (χ4n) is 2.43. The largest absolute Gasteiger partial charge is 0.465 e. The van der Waals surface area contributed by atoms with Gasteiger partial charge in [-0.25, -0.2) is 4.79 Å². The van der Waals surface area contributed by atoms with Crippen molar-refractivity contribution in [2.75, 3.05) is 26.0 Å². The van der Waals surface area contributed by atoms with Crippen molar-refractivity contribution in [3.05, 3.63) is 35.4 Å². The molecular weight excluding hydrogens is 314 g/mol. The molecule has 0 N–H and O–H groups in total. The highest BCUT2D eigenvalue weighted by Gasteiger charge is 2.32. The maximum Gasteiger partial charge on any atom is 0.337 e. The van der Waals surface area contributed by atoms with Crippen LogP contribution in [0.5, 0.6) is 0 Å². The lowest BCUT2D eigenvalue weighted by atomic mass is 10.1. The van der Waals surface area contributed by atoms with E-state index in [4.69, 9.17) is 9.47 Å². The fourth-order valence-corrected chi connectivity index (χ4v) is 3.65. The summed E-state index contributed by atoms with van der Waals surface area (Å²) in [7, 11) is 1.36. The Balaban J connectivity index is 1.99. The van der Waals surface area contributed by atoms with Crippen LogP contribution in [0.25, 0.3) is 0 Å². The van der Waals surface area contributed by atoms with Crippen LogP contribution in [-0.4, -0.2) is 48.9 Å². The first-order valence-corrected chi connectivity index (χ1v) is 8.78. The molecule has 1 unspecified atom stereocenters. The van der Waals surface area contributed by atoms with Crippen LogP contribution in [0.3, 0.4) is 0 Å². The average molecular weight is 337 g/mol. The molecule has 5 nitrogen and oxygen atoms in total. The molecule has 126 valence electrons. The van der Waals surface area contributed by atoms with Crippen LogP contribution in [0.2, 0.25) is 0 Å². The predicted molar refractivity (Wildman–Crippen MR) is 90.4 cm³/mol. The van der Waals surface area contributed by atoms with Gasteiger partial charge in [-0.2, -0.15) is 0 Å². The van der Waals surface area contributed by atoms with Gasteiger partial charge in [0.1, 0.15) is 5.37 Å². The summed E-state index contributed by atoms with van der Waals surface area (Å²) in [6.07, 6.45) is 1.03. The molecule has 0 radical (unpaired) electrons. The number of carbonyl (C=O) groups excluding carboxylic acids is 2.